The minimum atomic E-state index is -0.388. The van der Waals surface area contributed by atoms with Crippen molar-refractivity contribution >= 4 is 40.6 Å². The van der Waals surface area contributed by atoms with Crippen molar-refractivity contribution in [3.8, 4) is 0 Å². The number of rotatable bonds is 4. The zero-order valence-corrected chi connectivity index (χ0v) is 10.00. The summed E-state index contributed by atoms with van der Waals surface area (Å²) < 4.78 is 0. The van der Waals surface area contributed by atoms with Gasteiger partial charge in [0.15, 0.2) is 0 Å². The minimum absolute atomic E-state index is 0.388. The lowest BCUT2D eigenvalue weighted by Crippen LogP contribution is -2.39. The van der Waals surface area contributed by atoms with Crippen molar-refractivity contribution in [2.75, 3.05) is 17.1 Å². The van der Waals surface area contributed by atoms with Gasteiger partial charge in [0.05, 0.1) is 10.6 Å². The van der Waals surface area contributed by atoms with Gasteiger partial charge in [-0.3, -0.25) is 0 Å². The van der Waals surface area contributed by atoms with Crippen molar-refractivity contribution in [3.05, 3.63) is 23.4 Å². The third-order valence-corrected chi connectivity index (χ3v) is 3.25. The van der Waals surface area contributed by atoms with E-state index >= 15 is 0 Å². The van der Waals surface area contributed by atoms with Crippen molar-refractivity contribution in [2.45, 2.75) is 12.5 Å². The molecule has 1 N–H and O–H groups in total. The number of alkyl halides is 2. The highest BCUT2D eigenvalue weighted by Crippen LogP contribution is 2.23. The van der Waals surface area contributed by atoms with Gasteiger partial charge in [-0.1, -0.05) is 11.6 Å². The quantitative estimate of drug-likeness (QED) is 0.832. The lowest BCUT2D eigenvalue weighted by atomic mass is 10.1. The predicted molar refractivity (Wildman–Crippen MR) is 62.7 cm³/mol. The summed E-state index contributed by atoms with van der Waals surface area (Å²) in [5.41, 5.74) is -0.388. The molecule has 0 unspecified atom stereocenters. The molecule has 0 bridgehead atoms. The van der Waals surface area contributed by atoms with E-state index < -0.39 is 0 Å². The smallest absolute Gasteiger partial charge is 0.145 e. The van der Waals surface area contributed by atoms with Crippen LogP contribution in [0.3, 0.4) is 0 Å². The van der Waals surface area contributed by atoms with Crippen molar-refractivity contribution in [2.24, 2.45) is 0 Å². The standard InChI is InChI=1S/C9H11Cl3N2/c1-9(5-10,6-11)14-8-7(12)3-2-4-13-8/h2-4H,5-6H2,1H3,(H,13,14). The SMILES string of the molecule is CC(CCl)(CCl)Nc1ncccc1Cl. The Labute approximate surface area is 98.6 Å². The van der Waals surface area contributed by atoms with Crippen LogP contribution in [-0.2, 0) is 0 Å². The summed E-state index contributed by atoms with van der Waals surface area (Å²) in [6.45, 7) is 1.91. The van der Waals surface area contributed by atoms with Gasteiger partial charge in [0.25, 0.3) is 0 Å². The zero-order valence-electron chi connectivity index (χ0n) is 7.73. The fourth-order valence-electron chi connectivity index (χ4n) is 0.866. The Kier molecular flexibility index (Phi) is 4.30. The lowest BCUT2D eigenvalue weighted by Gasteiger charge is -2.26. The summed E-state index contributed by atoms with van der Waals surface area (Å²) in [5.74, 6) is 1.39. The number of halogens is 3. The maximum Gasteiger partial charge on any atom is 0.145 e. The van der Waals surface area contributed by atoms with Crippen LogP contribution in [0.15, 0.2) is 18.3 Å². The van der Waals surface area contributed by atoms with Crippen molar-refractivity contribution < 1.29 is 0 Å². The van der Waals surface area contributed by atoms with Crippen LogP contribution in [0.2, 0.25) is 5.02 Å². The van der Waals surface area contributed by atoms with Gasteiger partial charge in [-0.25, -0.2) is 4.98 Å². The third kappa shape index (κ3) is 2.91. The Morgan fingerprint density at radius 1 is 1.43 bits per heavy atom. The van der Waals surface area contributed by atoms with Gasteiger partial charge in [0.1, 0.15) is 5.82 Å². The molecule has 0 aromatic carbocycles. The molecule has 2 nitrogen and oxygen atoms in total. The molecule has 78 valence electrons. The van der Waals surface area contributed by atoms with Crippen molar-refractivity contribution in [1.29, 1.82) is 0 Å². The molecule has 0 spiro atoms. The molecule has 0 aliphatic rings. The number of nitrogens with one attached hydrogen (secondary N) is 1. The average molecular weight is 254 g/mol. The number of nitrogens with zero attached hydrogens (tertiary/aromatic N) is 1. The number of anilines is 1. The molecule has 0 saturated heterocycles. The second-order valence-corrected chi connectivity index (χ2v) is 4.23. The topological polar surface area (TPSA) is 24.9 Å². The first-order valence-corrected chi connectivity index (χ1v) is 5.56. The van der Waals surface area contributed by atoms with Crippen LogP contribution in [0.25, 0.3) is 0 Å². The molecular formula is C9H11Cl3N2. The third-order valence-electron chi connectivity index (χ3n) is 1.77. The van der Waals surface area contributed by atoms with E-state index in [1.54, 1.807) is 18.3 Å². The van der Waals surface area contributed by atoms with E-state index in [1.807, 2.05) is 6.92 Å². The first-order valence-electron chi connectivity index (χ1n) is 4.12. The van der Waals surface area contributed by atoms with E-state index in [1.165, 1.54) is 0 Å². The molecule has 1 aromatic rings. The fraction of sp³-hybridized carbons (Fsp3) is 0.444. The van der Waals surface area contributed by atoms with Gasteiger partial charge in [-0.05, 0) is 19.1 Å². The Morgan fingerprint density at radius 3 is 2.57 bits per heavy atom. The maximum absolute atomic E-state index is 5.93. The summed E-state index contributed by atoms with van der Waals surface area (Å²) >= 11 is 17.5. The Balaban J connectivity index is 2.82. The first-order chi connectivity index (χ1) is 6.61. The highest BCUT2D eigenvalue weighted by atomic mass is 35.5. The van der Waals surface area contributed by atoms with Crippen LogP contribution in [0, 0.1) is 0 Å². The molecule has 14 heavy (non-hydrogen) atoms. The molecule has 0 radical (unpaired) electrons. The molecule has 0 fully saturated rings. The number of pyridine rings is 1. The van der Waals surface area contributed by atoms with Crippen LogP contribution in [0.1, 0.15) is 6.92 Å². The zero-order chi connectivity index (χ0) is 10.6. The van der Waals surface area contributed by atoms with E-state index in [2.05, 4.69) is 10.3 Å². The molecule has 1 heterocycles. The largest absolute Gasteiger partial charge is 0.361 e. The molecule has 5 heteroatoms. The lowest BCUT2D eigenvalue weighted by molar-refractivity contribution is 0.645. The second kappa shape index (κ2) is 5.06. The molecule has 0 aliphatic carbocycles. The van der Waals surface area contributed by atoms with Gasteiger partial charge in [0.2, 0.25) is 0 Å². The Hall–Kier alpha value is -0.180. The molecule has 0 aliphatic heterocycles. The average Bonchev–Trinajstić information content (AvgIpc) is 2.21. The van der Waals surface area contributed by atoms with Crippen molar-refractivity contribution in [1.82, 2.24) is 4.98 Å². The Bertz CT molecular complexity index is 300. The van der Waals surface area contributed by atoms with E-state index in [9.17, 15) is 0 Å². The van der Waals surface area contributed by atoms with Crippen LogP contribution in [0.4, 0.5) is 5.82 Å². The molecule has 1 rings (SSSR count). The van der Waals surface area contributed by atoms with Crippen LogP contribution in [-0.4, -0.2) is 22.3 Å². The van der Waals surface area contributed by atoms with Gasteiger partial charge in [-0.2, -0.15) is 0 Å². The van der Waals surface area contributed by atoms with Crippen LogP contribution >= 0.6 is 34.8 Å². The van der Waals surface area contributed by atoms with Gasteiger partial charge in [0, 0.05) is 18.0 Å². The van der Waals surface area contributed by atoms with E-state index in [4.69, 9.17) is 34.8 Å². The number of hydrogen-bond donors (Lipinski definition) is 1. The van der Waals surface area contributed by atoms with E-state index in [0.717, 1.165) is 0 Å². The molecular weight excluding hydrogens is 242 g/mol. The summed E-state index contributed by atoms with van der Waals surface area (Å²) in [6.07, 6.45) is 1.66. The first kappa shape index (κ1) is 11.9. The second-order valence-electron chi connectivity index (χ2n) is 3.29. The molecule has 1 aromatic heterocycles. The maximum atomic E-state index is 5.93. The predicted octanol–water partition coefficient (Wildman–Crippen LogP) is 3.38. The summed E-state index contributed by atoms with van der Waals surface area (Å²) in [4.78, 5) is 4.10. The van der Waals surface area contributed by atoms with Crippen molar-refractivity contribution in [3.63, 3.8) is 0 Å². The van der Waals surface area contributed by atoms with Gasteiger partial charge >= 0.3 is 0 Å². The number of hydrogen-bond acceptors (Lipinski definition) is 2. The van der Waals surface area contributed by atoms with Gasteiger partial charge in [-0.15, -0.1) is 23.2 Å². The molecule has 0 amide bonds. The highest BCUT2D eigenvalue weighted by molar-refractivity contribution is 6.33. The Morgan fingerprint density at radius 2 is 2.07 bits per heavy atom. The molecule has 0 saturated carbocycles. The monoisotopic (exact) mass is 252 g/mol. The summed E-state index contributed by atoms with van der Waals surface area (Å²) in [5, 5.41) is 3.68. The van der Waals surface area contributed by atoms with Gasteiger partial charge < -0.3 is 5.32 Å². The normalized spacial score (nSPS) is 11.4. The van der Waals surface area contributed by atoms with Crippen LogP contribution in [0.5, 0.6) is 0 Å². The summed E-state index contributed by atoms with van der Waals surface area (Å²) in [7, 11) is 0. The van der Waals surface area contributed by atoms with E-state index in [-0.39, 0.29) is 5.54 Å². The van der Waals surface area contributed by atoms with E-state index in [0.29, 0.717) is 22.6 Å². The molecule has 0 atom stereocenters. The highest BCUT2D eigenvalue weighted by Gasteiger charge is 2.22. The number of aromatic nitrogens is 1. The fourth-order valence-corrected chi connectivity index (χ4v) is 1.45. The minimum Gasteiger partial charge on any atom is -0.361 e. The van der Waals surface area contributed by atoms with Crippen LogP contribution < -0.4 is 5.32 Å². The summed E-state index contributed by atoms with van der Waals surface area (Å²) in [6, 6.07) is 3.53.